The van der Waals surface area contributed by atoms with E-state index in [0.29, 0.717) is 6.54 Å². The van der Waals surface area contributed by atoms with E-state index in [0.717, 1.165) is 58.7 Å². The van der Waals surface area contributed by atoms with Crippen molar-refractivity contribution in [1.29, 1.82) is 0 Å². The van der Waals surface area contributed by atoms with Crippen molar-refractivity contribution in [1.82, 2.24) is 24.4 Å². The molecule has 0 bridgehead atoms. The molecule has 156 valence electrons. The summed E-state index contributed by atoms with van der Waals surface area (Å²) >= 11 is 5.44. The first kappa shape index (κ1) is 20.5. The number of benzene rings is 2. The van der Waals surface area contributed by atoms with E-state index < -0.39 is 0 Å². The van der Waals surface area contributed by atoms with Gasteiger partial charge in [0.15, 0.2) is 4.77 Å². The SMILES string of the molecule is CCN(CC)Cc1ccc(CNc2ncnc3cc4c(cc23)[nH]c(=S)n4CC)cc1. The molecule has 0 saturated heterocycles. The van der Waals surface area contributed by atoms with Crippen LogP contribution in [0.4, 0.5) is 5.82 Å². The van der Waals surface area contributed by atoms with E-state index in [4.69, 9.17) is 12.2 Å². The Morgan fingerprint density at radius 2 is 1.77 bits per heavy atom. The largest absolute Gasteiger partial charge is 0.365 e. The summed E-state index contributed by atoms with van der Waals surface area (Å²) in [5.41, 5.74) is 5.55. The molecule has 2 aromatic heterocycles. The highest BCUT2D eigenvalue weighted by atomic mass is 32.1. The zero-order valence-electron chi connectivity index (χ0n) is 17.8. The maximum Gasteiger partial charge on any atom is 0.178 e. The van der Waals surface area contributed by atoms with E-state index in [1.165, 1.54) is 11.1 Å². The molecule has 0 atom stereocenters. The lowest BCUT2D eigenvalue weighted by Gasteiger charge is -2.18. The van der Waals surface area contributed by atoms with Crippen LogP contribution in [0.25, 0.3) is 21.9 Å². The minimum Gasteiger partial charge on any atom is -0.365 e. The number of rotatable bonds is 8. The second-order valence-corrected chi connectivity index (χ2v) is 7.80. The predicted octanol–water partition coefficient (Wildman–Crippen LogP) is 5.12. The lowest BCUT2D eigenvalue weighted by molar-refractivity contribution is 0.296. The molecule has 2 aromatic carbocycles. The van der Waals surface area contributed by atoms with Gasteiger partial charge < -0.3 is 14.9 Å². The molecule has 30 heavy (non-hydrogen) atoms. The van der Waals surface area contributed by atoms with Gasteiger partial charge in [0.1, 0.15) is 12.1 Å². The Kier molecular flexibility index (Phi) is 6.11. The summed E-state index contributed by atoms with van der Waals surface area (Å²) in [5.74, 6) is 0.831. The highest BCUT2D eigenvalue weighted by molar-refractivity contribution is 7.71. The van der Waals surface area contributed by atoms with Crippen molar-refractivity contribution in [3.05, 3.63) is 58.6 Å². The van der Waals surface area contributed by atoms with Gasteiger partial charge in [-0.3, -0.25) is 4.90 Å². The molecule has 2 heterocycles. The number of nitrogens with zero attached hydrogens (tertiary/aromatic N) is 4. The summed E-state index contributed by atoms with van der Waals surface area (Å²) in [6.45, 7) is 11.2. The van der Waals surface area contributed by atoms with Gasteiger partial charge in [-0.2, -0.15) is 0 Å². The number of hydrogen-bond donors (Lipinski definition) is 2. The molecule has 0 spiro atoms. The molecular weight excluding hydrogens is 392 g/mol. The minimum absolute atomic E-state index is 0.710. The first-order chi connectivity index (χ1) is 14.6. The topological polar surface area (TPSA) is 61.8 Å². The Morgan fingerprint density at radius 1 is 1.03 bits per heavy atom. The summed E-state index contributed by atoms with van der Waals surface area (Å²) in [4.78, 5) is 14.7. The zero-order chi connectivity index (χ0) is 21.1. The van der Waals surface area contributed by atoms with Crippen molar-refractivity contribution in [2.45, 2.75) is 40.4 Å². The third-order valence-electron chi connectivity index (χ3n) is 5.63. The maximum atomic E-state index is 5.44. The third kappa shape index (κ3) is 4.08. The monoisotopic (exact) mass is 420 g/mol. The molecule has 0 unspecified atom stereocenters. The van der Waals surface area contributed by atoms with Crippen LogP contribution in [0.15, 0.2) is 42.7 Å². The number of hydrogen-bond acceptors (Lipinski definition) is 5. The average molecular weight is 421 g/mol. The molecule has 0 saturated carbocycles. The molecular formula is C23H28N6S. The highest BCUT2D eigenvalue weighted by Crippen LogP contribution is 2.26. The van der Waals surface area contributed by atoms with E-state index in [1.54, 1.807) is 6.33 Å². The summed E-state index contributed by atoms with van der Waals surface area (Å²) in [6, 6.07) is 13.0. The number of nitrogens with one attached hydrogen (secondary N) is 2. The van der Waals surface area contributed by atoms with Crippen LogP contribution in [-0.2, 0) is 19.6 Å². The third-order valence-corrected chi connectivity index (χ3v) is 5.95. The molecule has 6 nitrogen and oxygen atoms in total. The maximum absolute atomic E-state index is 5.44. The Labute approximate surface area is 182 Å². The van der Waals surface area contributed by atoms with Crippen LogP contribution in [0.2, 0.25) is 0 Å². The van der Waals surface area contributed by atoms with E-state index in [9.17, 15) is 0 Å². The number of aromatic amines is 1. The molecule has 0 aliphatic heterocycles. The van der Waals surface area contributed by atoms with Gasteiger partial charge in [0.25, 0.3) is 0 Å². The van der Waals surface area contributed by atoms with E-state index in [-0.39, 0.29) is 0 Å². The first-order valence-electron chi connectivity index (χ1n) is 10.5. The number of anilines is 1. The fourth-order valence-corrected chi connectivity index (χ4v) is 4.15. The van der Waals surface area contributed by atoms with Crippen molar-refractivity contribution in [3.8, 4) is 0 Å². The molecule has 0 amide bonds. The van der Waals surface area contributed by atoms with Crippen LogP contribution in [0, 0.1) is 4.77 Å². The fourth-order valence-electron chi connectivity index (χ4n) is 3.82. The first-order valence-corrected chi connectivity index (χ1v) is 10.9. The van der Waals surface area contributed by atoms with Gasteiger partial charge in [-0.05, 0) is 55.5 Å². The van der Waals surface area contributed by atoms with Crippen LogP contribution in [0.5, 0.6) is 0 Å². The van der Waals surface area contributed by atoms with Gasteiger partial charge >= 0.3 is 0 Å². The zero-order valence-corrected chi connectivity index (χ0v) is 18.6. The lowest BCUT2D eigenvalue weighted by atomic mass is 10.1. The summed E-state index contributed by atoms with van der Waals surface area (Å²) in [5, 5.41) is 4.47. The van der Waals surface area contributed by atoms with Crippen LogP contribution >= 0.6 is 12.2 Å². The van der Waals surface area contributed by atoms with Crippen molar-refractivity contribution in [2.75, 3.05) is 18.4 Å². The molecule has 4 aromatic rings. The normalized spacial score (nSPS) is 11.6. The molecule has 0 radical (unpaired) electrons. The van der Waals surface area contributed by atoms with Crippen LogP contribution in [0.1, 0.15) is 31.9 Å². The second kappa shape index (κ2) is 8.93. The predicted molar refractivity (Wildman–Crippen MR) is 126 cm³/mol. The molecule has 7 heteroatoms. The molecule has 4 rings (SSSR count). The van der Waals surface area contributed by atoms with E-state index in [1.807, 2.05) is 0 Å². The Morgan fingerprint density at radius 3 is 2.47 bits per heavy atom. The molecule has 0 aliphatic rings. The number of fused-ring (bicyclic) bond motifs is 2. The molecule has 0 fully saturated rings. The van der Waals surface area contributed by atoms with E-state index in [2.05, 4.69) is 86.9 Å². The van der Waals surface area contributed by atoms with Crippen LogP contribution in [0.3, 0.4) is 0 Å². The van der Waals surface area contributed by atoms with Gasteiger partial charge in [0.05, 0.1) is 16.6 Å². The van der Waals surface area contributed by atoms with Crippen molar-refractivity contribution in [3.63, 3.8) is 0 Å². The molecule has 0 aliphatic carbocycles. The van der Waals surface area contributed by atoms with Crippen LogP contribution < -0.4 is 5.32 Å². The second-order valence-electron chi connectivity index (χ2n) is 7.41. The Bertz CT molecular complexity index is 1200. The van der Waals surface area contributed by atoms with Gasteiger partial charge in [-0.25, -0.2) is 9.97 Å². The highest BCUT2D eigenvalue weighted by Gasteiger charge is 2.10. The minimum atomic E-state index is 0.710. The summed E-state index contributed by atoms with van der Waals surface area (Å²) in [7, 11) is 0. The molecule has 2 N–H and O–H groups in total. The van der Waals surface area contributed by atoms with Gasteiger partial charge in [-0.1, -0.05) is 38.1 Å². The number of aromatic nitrogens is 4. The summed E-state index contributed by atoms with van der Waals surface area (Å²) < 4.78 is 2.81. The van der Waals surface area contributed by atoms with Gasteiger partial charge in [-0.15, -0.1) is 0 Å². The lowest BCUT2D eigenvalue weighted by Crippen LogP contribution is -2.22. The fraction of sp³-hybridized carbons (Fsp3) is 0.348. The number of H-pyrrole nitrogens is 1. The smallest absolute Gasteiger partial charge is 0.178 e. The number of aryl methyl sites for hydroxylation is 1. The Hall–Kier alpha value is -2.77. The van der Waals surface area contributed by atoms with Crippen LogP contribution in [-0.4, -0.2) is 37.5 Å². The van der Waals surface area contributed by atoms with Crippen molar-refractivity contribution >= 4 is 40.0 Å². The van der Waals surface area contributed by atoms with Gasteiger partial charge in [0.2, 0.25) is 0 Å². The van der Waals surface area contributed by atoms with Gasteiger partial charge in [0, 0.05) is 25.0 Å². The quantitative estimate of drug-likeness (QED) is 0.388. The Balaban J connectivity index is 1.55. The summed E-state index contributed by atoms with van der Waals surface area (Å²) in [6.07, 6.45) is 1.61. The van der Waals surface area contributed by atoms with Crippen molar-refractivity contribution in [2.24, 2.45) is 0 Å². The van der Waals surface area contributed by atoms with E-state index >= 15 is 0 Å². The standard InChI is InChI=1S/C23H28N6S/c1-4-28(5-2)14-17-9-7-16(8-10-17)13-24-22-18-11-20-21(12-19(18)25-15-26-22)29(6-3)23(30)27-20/h7-12,15H,4-6,13-14H2,1-3H3,(H,27,30)(H,24,25,26). The average Bonchev–Trinajstić information content (AvgIpc) is 3.09. The van der Waals surface area contributed by atoms with Crippen molar-refractivity contribution < 1.29 is 0 Å². The number of imidazole rings is 1.